The van der Waals surface area contributed by atoms with Crippen LogP contribution in [0.15, 0.2) is 53.3 Å². The lowest BCUT2D eigenvalue weighted by Crippen LogP contribution is -2.23. The zero-order chi connectivity index (χ0) is 14.8. The van der Waals surface area contributed by atoms with Gasteiger partial charge in [-0.2, -0.15) is 5.10 Å². The van der Waals surface area contributed by atoms with E-state index in [1.807, 2.05) is 56.3 Å². The Kier molecular flexibility index (Phi) is 3.44. The average Bonchev–Trinajstić information content (AvgIpc) is 2.48. The number of nitrogens with zero attached hydrogens (tertiary/aromatic N) is 2. The molecule has 0 aliphatic carbocycles. The van der Waals surface area contributed by atoms with E-state index in [0.717, 1.165) is 16.3 Å². The maximum absolute atomic E-state index is 12.0. The Morgan fingerprint density at radius 1 is 1.05 bits per heavy atom. The Labute approximate surface area is 123 Å². The zero-order valence-electron chi connectivity index (χ0n) is 11.9. The van der Waals surface area contributed by atoms with E-state index in [9.17, 15) is 4.79 Å². The SMILES string of the molecule is CC(C)OC1=C(c2cccc3ccccc23)C=N[N]C1=O. The number of benzene rings is 2. The third-order valence-corrected chi connectivity index (χ3v) is 3.21. The van der Waals surface area contributed by atoms with Crippen molar-refractivity contribution < 1.29 is 9.53 Å². The van der Waals surface area contributed by atoms with Gasteiger partial charge in [0.25, 0.3) is 0 Å². The molecule has 21 heavy (non-hydrogen) atoms. The van der Waals surface area contributed by atoms with Crippen molar-refractivity contribution in [2.45, 2.75) is 20.0 Å². The summed E-state index contributed by atoms with van der Waals surface area (Å²) in [5.74, 6) is -0.175. The van der Waals surface area contributed by atoms with Crippen molar-refractivity contribution >= 4 is 28.5 Å². The van der Waals surface area contributed by atoms with E-state index in [1.54, 1.807) is 6.21 Å². The van der Waals surface area contributed by atoms with Gasteiger partial charge in [-0.15, -0.1) is 5.43 Å². The minimum absolute atomic E-state index is 0.101. The van der Waals surface area contributed by atoms with Gasteiger partial charge in [-0.25, -0.2) is 0 Å². The molecule has 0 spiro atoms. The van der Waals surface area contributed by atoms with Crippen molar-refractivity contribution in [1.29, 1.82) is 0 Å². The van der Waals surface area contributed by atoms with Gasteiger partial charge in [-0.05, 0) is 30.2 Å². The van der Waals surface area contributed by atoms with Gasteiger partial charge in [-0.1, -0.05) is 42.5 Å². The number of hydrogen-bond donors (Lipinski definition) is 0. The molecule has 1 heterocycles. The molecule has 4 nitrogen and oxygen atoms in total. The summed E-state index contributed by atoms with van der Waals surface area (Å²) < 4.78 is 5.66. The van der Waals surface area contributed by atoms with Crippen LogP contribution >= 0.6 is 0 Å². The first kappa shape index (κ1) is 13.4. The van der Waals surface area contributed by atoms with Crippen LogP contribution in [0.4, 0.5) is 0 Å². The van der Waals surface area contributed by atoms with Crippen LogP contribution in [0, 0.1) is 0 Å². The minimum atomic E-state index is -0.436. The highest BCUT2D eigenvalue weighted by atomic mass is 16.5. The van der Waals surface area contributed by atoms with Gasteiger partial charge in [0.15, 0.2) is 5.76 Å². The summed E-state index contributed by atoms with van der Waals surface area (Å²) in [5.41, 5.74) is 5.18. The molecule has 0 saturated carbocycles. The molecule has 105 valence electrons. The summed E-state index contributed by atoms with van der Waals surface area (Å²) in [7, 11) is 0. The maximum atomic E-state index is 12.0. The van der Waals surface area contributed by atoms with Crippen LogP contribution < -0.4 is 5.43 Å². The zero-order valence-corrected chi connectivity index (χ0v) is 11.9. The summed E-state index contributed by atoms with van der Waals surface area (Å²) in [5, 5.41) is 5.96. The molecule has 0 aromatic heterocycles. The van der Waals surface area contributed by atoms with E-state index in [0.29, 0.717) is 5.57 Å². The Balaban J connectivity index is 2.23. The van der Waals surface area contributed by atoms with Gasteiger partial charge in [0.1, 0.15) is 0 Å². The predicted octanol–water partition coefficient (Wildman–Crippen LogP) is 3.11. The monoisotopic (exact) mass is 279 g/mol. The summed E-state index contributed by atoms with van der Waals surface area (Å²) in [6.07, 6.45) is 1.48. The summed E-state index contributed by atoms with van der Waals surface area (Å²) in [6.45, 7) is 3.76. The number of ether oxygens (including phenoxy) is 1. The molecule has 2 aromatic rings. The van der Waals surface area contributed by atoms with E-state index < -0.39 is 5.91 Å². The van der Waals surface area contributed by atoms with Crippen LogP contribution in [0.5, 0.6) is 0 Å². The fourth-order valence-corrected chi connectivity index (χ4v) is 2.36. The molecule has 0 fully saturated rings. The van der Waals surface area contributed by atoms with Gasteiger partial charge in [-0.3, -0.25) is 4.79 Å². The second-order valence-corrected chi connectivity index (χ2v) is 5.09. The van der Waals surface area contributed by atoms with Gasteiger partial charge >= 0.3 is 5.91 Å². The number of rotatable bonds is 3. The largest absolute Gasteiger partial charge is 0.485 e. The second kappa shape index (κ2) is 5.40. The molecule has 1 amide bonds. The molecule has 1 aliphatic heterocycles. The second-order valence-electron chi connectivity index (χ2n) is 5.09. The van der Waals surface area contributed by atoms with Crippen molar-refractivity contribution in [1.82, 2.24) is 5.43 Å². The lowest BCUT2D eigenvalue weighted by molar-refractivity contribution is -0.121. The highest BCUT2D eigenvalue weighted by Crippen LogP contribution is 2.28. The molecule has 0 unspecified atom stereocenters. The maximum Gasteiger partial charge on any atom is 0.331 e. The first-order chi connectivity index (χ1) is 10.2. The van der Waals surface area contributed by atoms with Crippen LogP contribution in [-0.4, -0.2) is 18.2 Å². The lowest BCUT2D eigenvalue weighted by atomic mass is 9.97. The number of carbonyl (C=O) groups is 1. The fraction of sp³-hybridized carbons (Fsp3) is 0.176. The van der Waals surface area contributed by atoms with Gasteiger partial charge in [0, 0.05) is 0 Å². The topological polar surface area (TPSA) is 52.8 Å². The lowest BCUT2D eigenvalue weighted by Gasteiger charge is -2.18. The van der Waals surface area contributed by atoms with Crippen LogP contribution in [-0.2, 0) is 9.53 Å². The normalized spacial score (nSPS) is 14.7. The molecule has 1 radical (unpaired) electrons. The summed E-state index contributed by atoms with van der Waals surface area (Å²) in [6, 6.07) is 14.0. The van der Waals surface area contributed by atoms with Crippen LogP contribution in [0.25, 0.3) is 16.3 Å². The predicted molar refractivity (Wildman–Crippen MR) is 82.7 cm³/mol. The molecule has 2 aromatic carbocycles. The highest BCUT2D eigenvalue weighted by molar-refractivity contribution is 6.22. The standard InChI is InChI=1S/C17H15N2O2/c1-11(2)21-16-15(10-18-19-17(16)20)14-9-5-7-12-6-3-4-8-13(12)14/h3-11H,1-2H3. The summed E-state index contributed by atoms with van der Waals surface area (Å²) in [4.78, 5) is 12.0. The van der Waals surface area contributed by atoms with E-state index in [-0.39, 0.29) is 11.9 Å². The molecule has 0 atom stereocenters. The van der Waals surface area contributed by atoms with Crippen LogP contribution in [0.1, 0.15) is 19.4 Å². The van der Waals surface area contributed by atoms with E-state index in [4.69, 9.17) is 4.74 Å². The number of allylic oxidation sites excluding steroid dienone is 1. The number of amides is 1. The van der Waals surface area contributed by atoms with Gasteiger partial charge in [0.2, 0.25) is 0 Å². The molecule has 1 aliphatic rings. The fourth-order valence-electron chi connectivity index (χ4n) is 2.36. The van der Waals surface area contributed by atoms with Crippen molar-refractivity contribution in [2.24, 2.45) is 5.10 Å². The molecule has 0 bridgehead atoms. The Hall–Kier alpha value is -2.62. The van der Waals surface area contributed by atoms with Crippen molar-refractivity contribution in [2.75, 3.05) is 0 Å². The Morgan fingerprint density at radius 3 is 2.62 bits per heavy atom. The van der Waals surface area contributed by atoms with E-state index in [1.165, 1.54) is 0 Å². The smallest absolute Gasteiger partial charge is 0.331 e. The van der Waals surface area contributed by atoms with Gasteiger partial charge < -0.3 is 4.74 Å². The number of carbonyl (C=O) groups excluding carboxylic acids is 1. The third-order valence-electron chi connectivity index (χ3n) is 3.21. The molecule has 0 saturated heterocycles. The first-order valence-corrected chi connectivity index (χ1v) is 6.84. The average molecular weight is 279 g/mol. The van der Waals surface area contributed by atoms with Gasteiger partial charge in [0.05, 0.1) is 17.9 Å². The first-order valence-electron chi connectivity index (χ1n) is 6.84. The van der Waals surface area contributed by atoms with E-state index in [2.05, 4.69) is 10.5 Å². The van der Waals surface area contributed by atoms with Crippen LogP contribution in [0.3, 0.4) is 0 Å². The minimum Gasteiger partial charge on any atom is -0.485 e. The molecule has 4 heteroatoms. The highest BCUT2D eigenvalue weighted by Gasteiger charge is 2.24. The molecular weight excluding hydrogens is 264 g/mol. The Bertz CT molecular complexity index is 755. The number of fused-ring (bicyclic) bond motifs is 1. The van der Waals surface area contributed by atoms with Crippen molar-refractivity contribution in [3.05, 3.63) is 53.8 Å². The summed E-state index contributed by atoms with van der Waals surface area (Å²) >= 11 is 0. The van der Waals surface area contributed by atoms with E-state index >= 15 is 0 Å². The quantitative estimate of drug-likeness (QED) is 0.866. The Morgan fingerprint density at radius 2 is 1.81 bits per heavy atom. The third kappa shape index (κ3) is 2.52. The molecule has 3 rings (SSSR count). The molecule has 0 N–H and O–H groups in total. The van der Waals surface area contributed by atoms with Crippen molar-refractivity contribution in [3.63, 3.8) is 0 Å². The molecular formula is C17H15N2O2. The van der Waals surface area contributed by atoms with Crippen LogP contribution in [0.2, 0.25) is 0 Å². The number of hydrogen-bond acceptors (Lipinski definition) is 3. The van der Waals surface area contributed by atoms with Crippen molar-refractivity contribution in [3.8, 4) is 0 Å².